The first kappa shape index (κ1) is 29.0. The summed E-state index contributed by atoms with van der Waals surface area (Å²) in [5.74, 6) is 2.20. The summed E-state index contributed by atoms with van der Waals surface area (Å²) in [6.07, 6.45) is 7.93. The van der Waals surface area contributed by atoms with E-state index in [1.54, 1.807) is 0 Å². The SMILES string of the molecule is CC(C)c1ccc(C(=O)NC2CCC(C3CC(=O)c4cc(F)cnc4CC(CC4CCSCC4)C3=O)CC2)cc1. The van der Waals surface area contributed by atoms with E-state index < -0.39 is 5.82 Å². The van der Waals surface area contributed by atoms with Gasteiger partial charge >= 0.3 is 0 Å². The quantitative estimate of drug-likeness (QED) is 0.418. The molecule has 1 aromatic carbocycles. The molecule has 40 heavy (non-hydrogen) atoms. The zero-order valence-electron chi connectivity index (χ0n) is 23.7. The van der Waals surface area contributed by atoms with Gasteiger partial charge in [0.25, 0.3) is 5.91 Å². The highest BCUT2D eigenvalue weighted by Crippen LogP contribution is 2.39. The summed E-state index contributed by atoms with van der Waals surface area (Å²) >= 11 is 1.97. The minimum atomic E-state index is -0.508. The molecule has 1 aliphatic heterocycles. The molecular formula is C33H41FN2O3S. The second kappa shape index (κ2) is 13.0. The molecule has 0 radical (unpaired) electrons. The van der Waals surface area contributed by atoms with Crippen LogP contribution in [0.4, 0.5) is 4.39 Å². The Morgan fingerprint density at radius 2 is 1.73 bits per heavy atom. The molecule has 2 heterocycles. The largest absolute Gasteiger partial charge is 0.349 e. The highest BCUT2D eigenvalue weighted by Gasteiger charge is 2.40. The van der Waals surface area contributed by atoms with Gasteiger partial charge in [0.2, 0.25) is 0 Å². The van der Waals surface area contributed by atoms with E-state index in [1.807, 2.05) is 36.0 Å². The van der Waals surface area contributed by atoms with Crippen molar-refractivity contribution in [3.63, 3.8) is 0 Å². The van der Waals surface area contributed by atoms with Crippen molar-refractivity contribution in [3.05, 3.63) is 64.7 Å². The molecular weight excluding hydrogens is 523 g/mol. The normalized spacial score (nSPS) is 26.2. The van der Waals surface area contributed by atoms with Crippen LogP contribution in [0.15, 0.2) is 36.5 Å². The van der Waals surface area contributed by atoms with Gasteiger partial charge in [-0.25, -0.2) is 4.39 Å². The van der Waals surface area contributed by atoms with E-state index in [1.165, 1.54) is 11.6 Å². The van der Waals surface area contributed by atoms with Crippen LogP contribution in [0.25, 0.3) is 0 Å². The summed E-state index contributed by atoms with van der Waals surface area (Å²) < 4.78 is 14.1. The third-order valence-electron chi connectivity index (χ3n) is 9.32. The molecule has 2 aromatic rings. The van der Waals surface area contributed by atoms with Crippen LogP contribution in [-0.2, 0) is 11.2 Å². The Kier molecular flexibility index (Phi) is 9.39. The Labute approximate surface area is 241 Å². The van der Waals surface area contributed by atoms with Crippen LogP contribution in [0.2, 0.25) is 0 Å². The second-order valence-corrected chi connectivity index (χ2v) is 13.6. The average Bonchev–Trinajstić information content (AvgIpc) is 2.96. The van der Waals surface area contributed by atoms with Gasteiger partial charge in [-0.15, -0.1) is 0 Å². The van der Waals surface area contributed by atoms with Gasteiger partial charge in [0.05, 0.1) is 11.9 Å². The van der Waals surface area contributed by atoms with Crippen molar-refractivity contribution < 1.29 is 18.8 Å². The summed E-state index contributed by atoms with van der Waals surface area (Å²) in [5, 5.41) is 3.19. The van der Waals surface area contributed by atoms with E-state index in [4.69, 9.17) is 0 Å². The first-order valence-corrected chi connectivity index (χ1v) is 16.1. The third-order valence-corrected chi connectivity index (χ3v) is 10.4. The Hall–Kier alpha value is -2.54. The Bertz CT molecular complexity index is 1220. The fourth-order valence-electron chi connectivity index (χ4n) is 6.86. The second-order valence-electron chi connectivity index (χ2n) is 12.3. The molecule has 3 aliphatic rings. The number of ketones is 2. The third kappa shape index (κ3) is 6.84. The molecule has 2 aliphatic carbocycles. The van der Waals surface area contributed by atoms with Crippen molar-refractivity contribution in [2.45, 2.75) is 83.6 Å². The predicted octanol–water partition coefficient (Wildman–Crippen LogP) is 6.80. The van der Waals surface area contributed by atoms with Gasteiger partial charge in [0, 0.05) is 41.8 Å². The van der Waals surface area contributed by atoms with E-state index in [-0.39, 0.29) is 47.7 Å². The number of nitrogens with one attached hydrogen (secondary N) is 1. The monoisotopic (exact) mass is 564 g/mol. The minimum Gasteiger partial charge on any atom is -0.349 e. The van der Waals surface area contributed by atoms with Crippen molar-refractivity contribution in [1.82, 2.24) is 10.3 Å². The van der Waals surface area contributed by atoms with Crippen LogP contribution in [0.5, 0.6) is 0 Å². The highest BCUT2D eigenvalue weighted by molar-refractivity contribution is 7.99. The van der Waals surface area contributed by atoms with Crippen LogP contribution >= 0.6 is 11.8 Å². The number of carbonyl (C=O) groups is 3. The molecule has 1 amide bonds. The summed E-state index contributed by atoms with van der Waals surface area (Å²) in [5.41, 5.74) is 2.79. The zero-order chi connectivity index (χ0) is 28.2. The van der Waals surface area contributed by atoms with Gasteiger partial charge in [0.15, 0.2) is 5.78 Å². The molecule has 7 heteroatoms. The molecule has 1 N–H and O–H groups in total. The molecule has 5 rings (SSSR count). The van der Waals surface area contributed by atoms with Crippen molar-refractivity contribution >= 4 is 29.2 Å². The predicted molar refractivity (Wildman–Crippen MR) is 157 cm³/mol. The molecule has 1 aromatic heterocycles. The summed E-state index contributed by atoms with van der Waals surface area (Å²) in [4.78, 5) is 44.6. The first-order valence-electron chi connectivity index (χ1n) is 15.0. The number of hydrogen-bond donors (Lipinski definition) is 1. The number of pyridine rings is 1. The number of rotatable bonds is 6. The molecule has 5 nitrogen and oxygen atoms in total. The Morgan fingerprint density at radius 1 is 1.02 bits per heavy atom. The lowest BCUT2D eigenvalue weighted by Gasteiger charge is -2.36. The molecule has 1 saturated carbocycles. The molecule has 2 fully saturated rings. The van der Waals surface area contributed by atoms with Crippen molar-refractivity contribution in [2.24, 2.45) is 23.7 Å². The Morgan fingerprint density at radius 3 is 2.40 bits per heavy atom. The van der Waals surface area contributed by atoms with E-state index >= 15 is 0 Å². The topological polar surface area (TPSA) is 76.1 Å². The van der Waals surface area contributed by atoms with E-state index in [2.05, 4.69) is 24.1 Å². The highest BCUT2D eigenvalue weighted by atomic mass is 32.2. The number of carbonyl (C=O) groups excluding carboxylic acids is 3. The van der Waals surface area contributed by atoms with Gasteiger partial charge in [-0.3, -0.25) is 19.4 Å². The summed E-state index contributed by atoms with van der Waals surface area (Å²) in [6.45, 7) is 4.26. The van der Waals surface area contributed by atoms with Gasteiger partial charge in [-0.2, -0.15) is 11.8 Å². The van der Waals surface area contributed by atoms with E-state index in [0.29, 0.717) is 35.1 Å². The number of amides is 1. The van der Waals surface area contributed by atoms with E-state index in [0.717, 1.165) is 62.6 Å². The molecule has 0 spiro atoms. The summed E-state index contributed by atoms with van der Waals surface area (Å²) in [7, 11) is 0. The van der Waals surface area contributed by atoms with Crippen molar-refractivity contribution in [3.8, 4) is 0 Å². The molecule has 2 unspecified atom stereocenters. The van der Waals surface area contributed by atoms with Crippen LogP contribution in [0, 0.1) is 29.5 Å². The lowest BCUT2D eigenvalue weighted by Crippen LogP contribution is -2.41. The molecule has 1 saturated heterocycles. The maximum Gasteiger partial charge on any atom is 0.251 e. The van der Waals surface area contributed by atoms with Crippen LogP contribution in [0.3, 0.4) is 0 Å². The van der Waals surface area contributed by atoms with Crippen LogP contribution in [0.1, 0.15) is 103 Å². The number of benzene rings is 1. The van der Waals surface area contributed by atoms with Crippen molar-refractivity contribution in [2.75, 3.05) is 11.5 Å². The summed E-state index contributed by atoms with van der Waals surface area (Å²) in [6, 6.07) is 9.16. The molecule has 214 valence electrons. The number of hydrogen-bond acceptors (Lipinski definition) is 5. The lowest BCUT2D eigenvalue weighted by molar-refractivity contribution is -0.129. The first-order chi connectivity index (χ1) is 19.3. The van der Waals surface area contributed by atoms with Crippen LogP contribution < -0.4 is 5.32 Å². The Balaban J connectivity index is 1.27. The number of halogens is 1. The number of nitrogens with zero attached hydrogens (tertiary/aromatic N) is 1. The lowest BCUT2D eigenvalue weighted by atomic mass is 9.68. The maximum atomic E-state index is 14.1. The smallest absolute Gasteiger partial charge is 0.251 e. The van der Waals surface area contributed by atoms with Crippen molar-refractivity contribution in [1.29, 1.82) is 0 Å². The fourth-order valence-corrected chi connectivity index (χ4v) is 8.06. The molecule has 2 atom stereocenters. The number of fused-ring (bicyclic) bond motifs is 1. The molecule has 0 bridgehead atoms. The average molecular weight is 565 g/mol. The zero-order valence-corrected chi connectivity index (χ0v) is 24.5. The van der Waals surface area contributed by atoms with Gasteiger partial charge in [-0.1, -0.05) is 26.0 Å². The fraction of sp³-hybridized carbons (Fsp3) is 0.576. The van der Waals surface area contributed by atoms with E-state index in [9.17, 15) is 18.8 Å². The number of aromatic nitrogens is 1. The van der Waals surface area contributed by atoms with Gasteiger partial charge in [-0.05, 0) is 98.0 Å². The van der Waals surface area contributed by atoms with Gasteiger partial charge < -0.3 is 5.32 Å². The van der Waals surface area contributed by atoms with Gasteiger partial charge in [0.1, 0.15) is 11.6 Å². The maximum absolute atomic E-state index is 14.1. The number of thioether (sulfide) groups is 1. The van der Waals surface area contributed by atoms with Crippen LogP contribution in [-0.4, -0.2) is 40.0 Å². The minimum absolute atomic E-state index is 0.0578. The number of Topliss-reactive ketones (excluding diaryl/α,β-unsaturated/α-hetero) is 2. The standard InChI is InChI=1S/C33H41FN2O3S/c1-20(2)22-3-5-24(6-4-22)33(39)36-27-9-7-23(8-10-27)28-18-31(37)29-17-26(34)19-35-30(29)16-25(32(28)38)15-21-11-13-40-14-12-21/h3-6,17,19-21,23,25,27-28H,7-16,18H2,1-2H3,(H,36,39).